The Labute approximate surface area is 169 Å². The highest BCUT2D eigenvalue weighted by Gasteiger charge is 2.20. The molecule has 0 bridgehead atoms. The quantitative estimate of drug-likeness (QED) is 0.696. The monoisotopic (exact) mass is 400 g/mol. The SMILES string of the molecule is CCC1CCN(c2ccn3cc(-c4cc(Cl)c(OC)cc4CO)nc3n2)CC1. The third-order valence-corrected chi connectivity index (χ3v) is 5.95. The molecule has 1 N–H and O–H groups in total. The maximum atomic E-state index is 9.77. The highest BCUT2D eigenvalue weighted by molar-refractivity contribution is 6.32. The molecule has 4 rings (SSSR count). The lowest BCUT2D eigenvalue weighted by Crippen LogP contribution is -2.34. The van der Waals surface area contributed by atoms with Gasteiger partial charge in [0.15, 0.2) is 0 Å². The number of methoxy groups -OCH3 is 1. The van der Waals surface area contributed by atoms with Gasteiger partial charge >= 0.3 is 0 Å². The molecule has 1 aliphatic rings. The second kappa shape index (κ2) is 7.97. The minimum Gasteiger partial charge on any atom is -0.495 e. The predicted molar refractivity (Wildman–Crippen MR) is 111 cm³/mol. The van der Waals surface area contributed by atoms with Crippen molar-refractivity contribution in [2.24, 2.45) is 5.92 Å². The van der Waals surface area contributed by atoms with Crippen LogP contribution in [-0.2, 0) is 6.61 Å². The molecule has 6 nitrogen and oxygen atoms in total. The van der Waals surface area contributed by atoms with Crippen molar-refractivity contribution >= 4 is 23.2 Å². The van der Waals surface area contributed by atoms with Gasteiger partial charge in [0.05, 0.1) is 24.4 Å². The number of rotatable bonds is 5. The van der Waals surface area contributed by atoms with Crippen molar-refractivity contribution in [2.75, 3.05) is 25.1 Å². The largest absolute Gasteiger partial charge is 0.495 e. The first-order chi connectivity index (χ1) is 13.6. The van der Waals surface area contributed by atoms with Crippen LogP contribution in [0.2, 0.25) is 5.02 Å². The van der Waals surface area contributed by atoms with Crippen molar-refractivity contribution in [1.29, 1.82) is 0 Å². The summed E-state index contributed by atoms with van der Waals surface area (Å²) in [5.41, 5.74) is 2.22. The summed E-state index contributed by atoms with van der Waals surface area (Å²) in [6.07, 6.45) is 7.58. The van der Waals surface area contributed by atoms with Crippen molar-refractivity contribution in [2.45, 2.75) is 32.8 Å². The van der Waals surface area contributed by atoms with E-state index < -0.39 is 0 Å². The van der Waals surface area contributed by atoms with Crippen LogP contribution < -0.4 is 9.64 Å². The van der Waals surface area contributed by atoms with Crippen molar-refractivity contribution in [3.63, 3.8) is 0 Å². The molecule has 0 amide bonds. The summed E-state index contributed by atoms with van der Waals surface area (Å²) in [4.78, 5) is 11.8. The lowest BCUT2D eigenvalue weighted by atomic mass is 9.94. The van der Waals surface area contributed by atoms with Gasteiger partial charge in [0.2, 0.25) is 5.78 Å². The Bertz CT molecular complexity index is 980. The van der Waals surface area contributed by atoms with Gasteiger partial charge in [-0.3, -0.25) is 4.40 Å². The van der Waals surface area contributed by atoms with Crippen molar-refractivity contribution in [3.8, 4) is 17.0 Å². The third kappa shape index (κ3) is 3.54. The van der Waals surface area contributed by atoms with Gasteiger partial charge in [-0.1, -0.05) is 24.9 Å². The molecule has 28 heavy (non-hydrogen) atoms. The van der Waals surface area contributed by atoms with E-state index >= 15 is 0 Å². The van der Waals surface area contributed by atoms with Gasteiger partial charge in [0.1, 0.15) is 11.6 Å². The molecule has 1 fully saturated rings. The molecular weight excluding hydrogens is 376 g/mol. The molecule has 1 aliphatic heterocycles. The van der Waals surface area contributed by atoms with Crippen LogP contribution in [0, 0.1) is 5.92 Å². The van der Waals surface area contributed by atoms with Crippen LogP contribution in [0.3, 0.4) is 0 Å². The van der Waals surface area contributed by atoms with Gasteiger partial charge in [-0.05, 0) is 42.5 Å². The van der Waals surface area contributed by atoms with Crippen LogP contribution >= 0.6 is 11.6 Å². The third-order valence-electron chi connectivity index (χ3n) is 5.65. The Morgan fingerprint density at radius 1 is 1.25 bits per heavy atom. The fourth-order valence-electron chi connectivity index (χ4n) is 3.86. The molecule has 3 heterocycles. The first-order valence-corrected chi connectivity index (χ1v) is 10.1. The number of imidazole rings is 1. The van der Waals surface area contributed by atoms with Crippen LogP contribution in [-0.4, -0.2) is 39.7 Å². The Kier molecular flexibility index (Phi) is 5.42. The zero-order valence-corrected chi connectivity index (χ0v) is 17.0. The summed E-state index contributed by atoms with van der Waals surface area (Å²) < 4.78 is 7.15. The van der Waals surface area contributed by atoms with Crippen molar-refractivity contribution in [1.82, 2.24) is 14.4 Å². The number of aliphatic hydroxyl groups is 1. The summed E-state index contributed by atoms with van der Waals surface area (Å²) in [5.74, 6) is 2.97. The molecule has 0 aliphatic carbocycles. The van der Waals surface area contributed by atoms with E-state index in [2.05, 4.69) is 16.8 Å². The van der Waals surface area contributed by atoms with Crippen molar-refractivity contribution < 1.29 is 9.84 Å². The van der Waals surface area contributed by atoms with Gasteiger partial charge in [0.25, 0.3) is 0 Å². The first-order valence-electron chi connectivity index (χ1n) is 9.71. The van der Waals surface area contributed by atoms with E-state index in [1.165, 1.54) is 19.3 Å². The lowest BCUT2D eigenvalue weighted by molar-refractivity contribution is 0.281. The first kappa shape index (κ1) is 19.0. The normalized spacial score (nSPS) is 15.4. The van der Waals surface area contributed by atoms with Crippen LogP contribution in [0.4, 0.5) is 5.82 Å². The van der Waals surface area contributed by atoms with Crippen LogP contribution in [0.1, 0.15) is 31.7 Å². The zero-order valence-electron chi connectivity index (χ0n) is 16.2. The van der Waals surface area contributed by atoms with E-state index in [0.29, 0.717) is 22.1 Å². The molecule has 0 saturated carbocycles. The molecule has 148 valence electrons. The summed E-state index contributed by atoms with van der Waals surface area (Å²) >= 11 is 6.29. The topological polar surface area (TPSA) is 62.9 Å². The van der Waals surface area contributed by atoms with E-state index in [1.54, 1.807) is 19.2 Å². The molecule has 7 heteroatoms. The molecular formula is C21H25ClN4O2. The van der Waals surface area contributed by atoms with Gasteiger partial charge in [-0.15, -0.1) is 0 Å². The molecule has 1 saturated heterocycles. The number of hydrogen-bond acceptors (Lipinski definition) is 5. The van der Waals surface area contributed by atoms with Gasteiger partial charge in [-0.2, -0.15) is 4.98 Å². The molecule has 1 aromatic carbocycles. The maximum absolute atomic E-state index is 9.77. The van der Waals surface area contributed by atoms with E-state index in [9.17, 15) is 5.11 Å². The minimum atomic E-state index is -0.123. The number of nitrogens with zero attached hydrogens (tertiary/aromatic N) is 4. The molecule has 0 atom stereocenters. The van der Waals surface area contributed by atoms with E-state index in [0.717, 1.165) is 36.1 Å². The van der Waals surface area contributed by atoms with Crippen molar-refractivity contribution in [3.05, 3.63) is 41.2 Å². The van der Waals surface area contributed by atoms with E-state index in [4.69, 9.17) is 21.3 Å². The number of halogens is 1. The lowest BCUT2D eigenvalue weighted by Gasteiger charge is -2.32. The fourth-order valence-corrected chi connectivity index (χ4v) is 4.10. The number of benzene rings is 1. The summed E-state index contributed by atoms with van der Waals surface area (Å²) in [5, 5.41) is 10.3. The van der Waals surface area contributed by atoms with Gasteiger partial charge in [0, 0.05) is 31.0 Å². The summed E-state index contributed by atoms with van der Waals surface area (Å²) in [6, 6.07) is 5.57. The highest BCUT2D eigenvalue weighted by atomic mass is 35.5. The maximum Gasteiger partial charge on any atom is 0.236 e. The van der Waals surface area contributed by atoms with Gasteiger partial charge < -0.3 is 14.7 Å². The number of aliphatic hydroxyl groups excluding tert-OH is 1. The minimum absolute atomic E-state index is 0.123. The molecule has 0 spiro atoms. The number of ether oxygens (including phenoxy) is 1. The predicted octanol–water partition coefficient (Wildman–Crippen LogP) is 4.18. The number of fused-ring (bicyclic) bond motifs is 1. The second-order valence-corrected chi connectivity index (χ2v) is 7.67. The number of piperidine rings is 1. The fraction of sp³-hybridized carbons (Fsp3) is 0.429. The van der Waals surface area contributed by atoms with Gasteiger partial charge in [-0.25, -0.2) is 4.98 Å². The van der Waals surface area contributed by atoms with Crippen LogP contribution in [0.15, 0.2) is 30.6 Å². The Hall–Kier alpha value is -2.31. The van der Waals surface area contributed by atoms with Crippen LogP contribution in [0.25, 0.3) is 17.0 Å². The smallest absolute Gasteiger partial charge is 0.236 e. The Morgan fingerprint density at radius 3 is 2.71 bits per heavy atom. The highest BCUT2D eigenvalue weighted by Crippen LogP contribution is 2.34. The van der Waals surface area contributed by atoms with E-state index in [1.807, 2.05) is 22.9 Å². The molecule has 3 aromatic rings. The number of hydrogen-bond donors (Lipinski definition) is 1. The molecule has 0 radical (unpaired) electrons. The summed E-state index contributed by atoms with van der Waals surface area (Å²) in [6.45, 7) is 4.22. The second-order valence-electron chi connectivity index (χ2n) is 7.26. The average Bonchev–Trinajstić information content (AvgIpc) is 3.16. The van der Waals surface area contributed by atoms with Crippen LogP contribution in [0.5, 0.6) is 5.75 Å². The zero-order chi connectivity index (χ0) is 19.7. The Balaban J connectivity index is 1.67. The molecule has 2 aromatic heterocycles. The number of aromatic nitrogens is 3. The Morgan fingerprint density at radius 2 is 2.04 bits per heavy atom. The van der Waals surface area contributed by atoms with E-state index in [-0.39, 0.29) is 6.61 Å². The average molecular weight is 401 g/mol. The summed E-state index contributed by atoms with van der Waals surface area (Å²) in [7, 11) is 1.56. The number of anilines is 1. The molecule has 0 unspecified atom stereocenters. The standard InChI is InChI=1S/C21H25ClN4O2/c1-3-14-4-7-25(8-5-14)20-6-9-26-12-18(23-21(26)24-20)16-11-17(22)19(28-2)10-15(16)13-27/h6,9-12,14,27H,3-5,7-8,13H2,1-2H3.